The molecule has 4 heteroatoms. The molecule has 96 valence electrons. The van der Waals surface area contributed by atoms with Gasteiger partial charge in [-0.2, -0.15) is 0 Å². The number of nitrogens with zero attached hydrogens (tertiary/aromatic N) is 2. The first-order valence-electron chi connectivity index (χ1n) is 6.17. The van der Waals surface area contributed by atoms with Crippen LogP contribution < -0.4 is 10.1 Å². The molecule has 0 aliphatic carbocycles. The van der Waals surface area contributed by atoms with Gasteiger partial charge in [-0.3, -0.25) is 0 Å². The summed E-state index contributed by atoms with van der Waals surface area (Å²) in [5.41, 5.74) is 2.46. The highest BCUT2D eigenvalue weighted by molar-refractivity contribution is 5.17. The van der Waals surface area contributed by atoms with Crippen LogP contribution in [0.4, 0.5) is 0 Å². The summed E-state index contributed by atoms with van der Waals surface area (Å²) in [4.78, 5) is 4.18. The smallest absolute Gasteiger partial charge is 0.212 e. The van der Waals surface area contributed by atoms with E-state index in [0.717, 1.165) is 25.2 Å². The zero-order valence-electron chi connectivity index (χ0n) is 10.9. The van der Waals surface area contributed by atoms with Crippen molar-refractivity contribution in [2.24, 2.45) is 0 Å². The van der Waals surface area contributed by atoms with Crippen molar-refractivity contribution in [3.8, 4) is 5.88 Å². The van der Waals surface area contributed by atoms with Crippen molar-refractivity contribution in [3.05, 3.63) is 47.9 Å². The van der Waals surface area contributed by atoms with Gasteiger partial charge in [0, 0.05) is 43.8 Å². The number of hydrogen-bond donors (Lipinski definition) is 1. The van der Waals surface area contributed by atoms with Gasteiger partial charge < -0.3 is 14.6 Å². The molecule has 2 aromatic rings. The Hall–Kier alpha value is -1.81. The predicted molar refractivity (Wildman–Crippen MR) is 71.4 cm³/mol. The molecule has 0 unspecified atom stereocenters. The molecule has 2 aromatic heterocycles. The molecule has 0 aliphatic rings. The van der Waals surface area contributed by atoms with Crippen molar-refractivity contribution in [2.45, 2.75) is 26.6 Å². The third-order valence-electron chi connectivity index (χ3n) is 2.91. The zero-order chi connectivity index (χ0) is 12.8. The second-order valence-electron chi connectivity index (χ2n) is 4.10. The minimum atomic E-state index is 0.651. The molecular formula is C14H19N3O. The van der Waals surface area contributed by atoms with Crippen LogP contribution in [-0.4, -0.2) is 16.7 Å². The zero-order valence-corrected chi connectivity index (χ0v) is 10.9. The monoisotopic (exact) mass is 245 g/mol. The standard InChI is InChI=1S/C14H19N3O/c1-3-17-8-4-5-13(17)11-15-9-12-6-7-14(18-2)16-10-12/h4-8,10,15H,3,9,11H2,1-2H3. The van der Waals surface area contributed by atoms with Gasteiger partial charge in [0.2, 0.25) is 5.88 Å². The van der Waals surface area contributed by atoms with Crippen LogP contribution in [0.15, 0.2) is 36.7 Å². The highest BCUT2D eigenvalue weighted by Gasteiger charge is 1.99. The summed E-state index contributed by atoms with van der Waals surface area (Å²) >= 11 is 0. The molecule has 0 amide bonds. The number of pyridine rings is 1. The average Bonchev–Trinajstić information content (AvgIpc) is 2.87. The van der Waals surface area contributed by atoms with Gasteiger partial charge >= 0.3 is 0 Å². The number of hydrogen-bond acceptors (Lipinski definition) is 3. The quantitative estimate of drug-likeness (QED) is 0.848. The Morgan fingerprint density at radius 2 is 2.17 bits per heavy atom. The minimum Gasteiger partial charge on any atom is -0.481 e. The van der Waals surface area contributed by atoms with E-state index in [1.165, 1.54) is 5.69 Å². The number of aryl methyl sites for hydroxylation is 1. The van der Waals surface area contributed by atoms with Crippen LogP contribution >= 0.6 is 0 Å². The van der Waals surface area contributed by atoms with Gasteiger partial charge in [0.05, 0.1) is 7.11 Å². The molecule has 4 nitrogen and oxygen atoms in total. The van der Waals surface area contributed by atoms with E-state index in [-0.39, 0.29) is 0 Å². The number of rotatable bonds is 6. The average molecular weight is 245 g/mol. The van der Waals surface area contributed by atoms with E-state index < -0.39 is 0 Å². The SMILES string of the molecule is CCn1cccc1CNCc1ccc(OC)nc1. The Morgan fingerprint density at radius 1 is 1.28 bits per heavy atom. The van der Waals surface area contributed by atoms with Crippen LogP contribution in [0.5, 0.6) is 5.88 Å². The Kier molecular flexibility index (Phi) is 4.36. The molecule has 0 saturated carbocycles. The maximum atomic E-state index is 5.03. The van der Waals surface area contributed by atoms with Crippen LogP contribution in [0.2, 0.25) is 0 Å². The van der Waals surface area contributed by atoms with Crippen molar-refractivity contribution in [1.29, 1.82) is 0 Å². The molecule has 2 rings (SSSR count). The third kappa shape index (κ3) is 3.11. The largest absolute Gasteiger partial charge is 0.481 e. The lowest BCUT2D eigenvalue weighted by molar-refractivity contribution is 0.397. The first kappa shape index (κ1) is 12.6. The second-order valence-corrected chi connectivity index (χ2v) is 4.10. The number of aromatic nitrogens is 2. The van der Waals surface area contributed by atoms with E-state index >= 15 is 0 Å². The maximum absolute atomic E-state index is 5.03. The summed E-state index contributed by atoms with van der Waals surface area (Å²) in [7, 11) is 1.62. The molecule has 0 saturated heterocycles. The van der Waals surface area contributed by atoms with Crippen LogP contribution in [-0.2, 0) is 19.6 Å². The van der Waals surface area contributed by atoms with E-state index in [0.29, 0.717) is 5.88 Å². The fourth-order valence-corrected chi connectivity index (χ4v) is 1.89. The summed E-state index contributed by atoms with van der Waals surface area (Å²) in [6.45, 7) is 4.84. The van der Waals surface area contributed by atoms with Gasteiger partial charge in [-0.05, 0) is 24.6 Å². The van der Waals surface area contributed by atoms with Gasteiger partial charge in [-0.15, -0.1) is 0 Å². The van der Waals surface area contributed by atoms with Crippen molar-refractivity contribution >= 4 is 0 Å². The topological polar surface area (TPSA) is 39.1 Å². The maximum Gasteiger partial charge on any atom is 0.212 e. The minimum absolute atomic E-state index is 0.651. The normalized spacial score (nSPS) is 10.6. The van der Waals surface area contributed by atoms with Crippen LogP contribution in [0.1, 0.15) is 18.2 Å². The molecule has 0 atom stereocenters. The second kappa shape index (κ2) is 6.21. The van der Waals surface area contributed by atoms with Gasteiger partial charge in [-0.1, -0.05) is 6.07 Å². The summed E-state index contributed by atoms with van der Waals surface area (Å²) in [5.74, 6) is 0.651. The summed E-state index contributed by atoms with van der Waals surface area (Å²) in [6.07, 6.45) is 3.94. The summed E-state index contributed by atoms with van der Waals surface area (Å²) < 4.78 is 7.26. The van der Waals surface area contributed by atoms with E-state index in [1.54, 1.807) is 7.11 Å². The molecule has 0 aromatic carbocycles. The predicted octanol–water partition coefficient (Wildman–Crippen LogP) is 2.20. The number of methoxy groups -OCH3 is 1. The Labute approximate surface area is 108 Å². The van der Waals surface area contributed by atoms with Gasteiger partial charge in [-0.25, -0.2) is 4.98 Å². The van der Waals surface area contributed by atoms with E-state index in [2.05, 4.69) is 40.1 Å². The Balaban J connectivity index is 1.84. The van der Waals surface area contributed by atoms with E-state index in [4.69, 9.17) is 4.74 Å². The third-order valence-corrected chi connectivity index (χ3v) is 2.91. The van der Waals surface area contributed by atoms with Crippen molar-refractivity contribution < 1.29 is 4.74 Å². The molecule has 18 heavy (non-hydrogen) atoms. The van der Waals surface area contributed by atoms with Crippen LogP contribution in [0.25, 0.3) is 0 Å². The molecule has 0 bridgehead atoms. The van der Waals surface area contributed by atoms with Gasteiger partial charge in [0.1, 0.15) is 0 Å². The first-order valence-corrected chi connectivity index (χ1v) is 6.17. The lowest BCUT2D eigenvalue weighted by Gasteiger charge is -2.08. The van der Waals surface area contributed by atoms with E-state index in [1.807, 2.05) is 18.3 Å². The lowest BCUT2D eigenvalue weighted by atomic mass is 10.3. The fourth-order valence-electron chi connectivity index (χ4n) is 1.89. The van der Waals surface area contributed by atoms with E-state index in [9.17, 15) is 0 Å². The van der Waals surface area contributed by atoms with Crippen molar-refractivity contribution in [3.63, 3.8) is 0 Å². The summed E-state index contributed by atoms with van der Waals surface area (Å²) in [5, 5.41) is 3.41. The molecule has 1 N–H and O–H groups in total. The highest BCUT2D eigenvalue weighted by atomic mass is 16.5. The number of nitrogens with one attached hydrogen (secondary N) is 1. The Bertz CT molecular complexity index is 476. The molecule has 0 fully saturated rings. The lowest BCUT2D eigenvalue weighted by Crippen LogP contribution is -2.15. The molecule has 0 radical (unpaired) electrons. The van der Waals surface area contributed by atoms with Crippen LogP contribution in [0.3, 0.4) is 0 Å². The fraction of sp³-hybridized carbons (Fsp3) is 0.357. The first-order chi connectivity index (χ1) is 8.83. The Morgan fingerprint density at radius 3 is 2.83 bits per heavy atom. The molecule has 2 heterocycles. The van der Waals surface area contributed by atoms with Crippen molar-refractivity contribution in [1.82, 2.24) is 14.9 Å². The van der Waals surface area contributed by atoms with Gasteiger partial charge in [0.15, 0.2) is 0 Å². The summed E-state index contributed by atoms with van der Waals surface area (Å²) in [6, 6.07) is 8.13. The molecule has 0 spiro atoms. The molecular weight excluding hydrogens is 226 g/mol. The number of ether oxygens (including phenoxy) is 1. The highest BCUT2D eigenvalue weighted by Crippen LogP contribution is 2.07. The van der Waals surface area contributed by atoms with Crippen LogP contribution in [0, 0.1) is 0 Å². The van der Waals surface area contributed by atoms with Gasteiger partial charge in [0.25, 0.3) is 0 Å². The van der Waals surface area contributed by atoms with Crippen molar-refractivity contribution in [2.75, 3.05) is 7.11 Å². The molecule has 0 aliphatic heterocycles.